The van der Waals surface area contributed by atoms with Crippen LogP contribution in [0.1, 0.15) is 57.1 Å². The number of nitriles is 1. The second-order valence-electron chi connectivity index (χ2n) is 10.2. The molecule has 0 saturated heterocycles. The highest BCUT2D eigenvalue weighted by Gasteiger charge is 2.46. The monoisotopic (exact) mass is 517 g/mol. The molecule has 0 bridgehead atoms. The standard InChI is InChI=1S/C28H31N5O3S/c1-37(34,35)22-10-8-19(9-11-22)20-6-7-21-17-24(36-23(21)16-20)25(30)32-28(12-4-2-3-5-13-28)26(31)33-27(18-29)14-15-27/h6-11,16-17H,2-5,12-15H2,1H3,(H2,30,32)(H2,31,33). The lowest BCUT2D eigenvalue weighted by atomic mass is 9.89. The van der Waals surface area contributed by atoms with Gasteiger partial charge in [0.2, 0.25) is 0 Å². The first kappa shape index (κ1) is 25.0. The third kappa shape index (κ3) is 5.12. The fraction of sp³-hybridized carbons (Fsp3) is 0.393. The number of fused-ring (bicyclic) bond motifs is 1. The van der Waals surface area contributed by atoms with Crippen LogP contribution in [0.5, 0.6) is 0 Å². The number of nitrogens with two attached hydrogens (primary N) is 2. The highest BCUT2D eigenvalue weighted by atomic mass is 32.2. The van der Waals surface area contributed by atoms with Crippen LogP contribution in [0.15, 0.2) is 67.8 Å². The zero-order chi connectivity index (χ0) is 26.3. The summed E-state index contributed by atoms with van der Waals surface area (Å²) in [6.45, 7) is 0. The average Bonchev–Trinajstić information content (AvgIpc) is 3.58. The molecule has 1 heterocycles. The quantitative estimate of drug-likeness (QED) is 0.275. The first-order chi connectivity index (χ1) is 17.6. The van der Waals surface area contributed by atoms with Gasteiger partial charge in [-0.2, -0.15) is 5.26 Å². The summed E-state index contributed by atoms with van der Waals surface area (Å²) in [6.07, 6.45) is 8.25. The molecule has 9 heteroatoms. The number of amidine groups is 2. The topological polar surface area (TPSA) is 148 Å². The SMILES string of the molecule is CS(=O)(=O)c1ccc(-c2ccc3cc(C(N)=NC4(C(N)=NC5(C#N)CC5)CCCCCC4)oc3c2)cc1. The van der Waals surface area contributed by atoms with Crippen molar-refractivity contribution in [1.82, 2.24) is 0 Å². The van der Waals surface area contributed by atoms with Crippen molar-refractivity contribution < 1.29 is 12.8 Å². The van der Waals surface area contributed by atoms with Crippen LogP contribution in [0.3, 0.4) is 0 Å². The number of nitrogens with zero attached hydrogens (tertiary/aromatic N) is 3. The van der Waals surface area contributed by atoms with Gasteiger partial charge < -0.3 is 15.9 Å². The number of benzene rings is 2. The van der Waals surface area contributed by atoms with E-state index in [9.17, 15) is 13.7 Å². The summed E-state index contributed by atoms with van der Waals surface area (Å²) in [5.41, 5.74) is 14.0. The zero-order valence-corrected chi connectivity index (χ0v) is 21.7. The molecule has 192 valence electrons. The number of sulfone groups is 1. The van der Waals surface area contributed by atoms with Gasteiger partial charge in [-0.3, -0.25) is 4.99 Å². The fourth-order valence-electron chi connectivity index (χ4n) is 4.96. The number of hydrogen-bond acceptors (Lipinski definition) is 6. The second-order valence-corrected chi connectivity index (χ2v) is 12.3. The summed E-state index contributed by atoms with van der Waals surface area (Å²) >= 11 is 0. The largest absolute Gasteiger partial charge is 0.453 e. The number of hydrogen-bond donors (Lipinski definition) is 2. The summed E-state index contributed by atoms with van der Waals surface area (Å²) in [4.78, 5) is 9.84. The molecule has 2 aliphatic carbocycles. The van der Waals surface area contributed by atoms with Gasteiger partial charge in [-0.05, 0) is 61.1 Å². The summed E-state index contributed by atoms with van der Waals surface area (Å²) in [5, 5.41) is 10.4. The lowest BCUT2D eigenvalue weighted by molar-refractivity contribution is 0.485. The summed E-state index contributed by atoms with van der Waals surface area (Å²) in [7, 11) is -3.26. The molecule has 3 aromatic rings. The van der Waals surface area contributed by atoms with Crippen molar-refractivity contribution in [2.45, 2.75) is 67.3 Å². The van der Waals surface area contributed by atoms with E-state index < -0.39 is 20.9 Å². The Bertz CT molecular complexity index is 1530. The fourth-order valence-corrected chi connectivity index (χ4v) is 5.59. The third-order valence-electron chi connectivity index (χ3n) is 7.40. The minimum atomic E-state index is -3.26. The summed E-state index contributed by atoms with van der Waals surface area (Å²) < 4.78 is 29.7. The van der Waals surface area contributed by atoms with Gasteiger partial charge in [-0.25, -0.2) is 13.4 Å². The van der Waals surface area contributed by atoms with Crippen molar-refractivity contribution in [1.29, 1.82) is 5.26 Å². The minimum absolute atomic E-state index is 0.261. The molecule has 8 nitrogen and oxygen atoms in total. The first-order valence-corrected chi connectivity index (χ1v) is 14.5. The smallest absolute Gasteiger partial charge is 0.175 e. The Morgan fingerprint density at radius 2 is 1.57 bits per heavy atom. The van der Waals surface area contributed by atoms with Gasteiger partial charge in [0, 0.05) is 11.6 Å². The van der Waals surface area contributed by atoms with Crippen molar-refractivity contribution in [3.05, 3.63) is 54.3 Å². The van der Waals surface area contributed by atoms with E-state index in [1.807, 2.05) is 24.3 Å². The van der Waals surface area contributed by atoms with Crippen LogP contribution in [-0.2, 0) is 9.84 Å². The molecule has 2 aromatic carbocycles. The Balaban J connectivity index is 1.48. The maximum atomic E-state index is 11.8. The molecule has 4 N–H and O–H groups in total. The Morgan fingerprint density at radius 1 is 0.919 bits per heavy atom. The Labute approximate surface area is 217 Å². The average molecular weight is 518 g/mol. The van der Waals surface area contributed by atoms with Crippen molar-refractivity contribution in [3.8, 4) is 17.2 Å². The maximum Gasteiger partial charge on any atom is 0.175 e. The van der Waals surface area contributed by atoms with Gasteiger partial charge in [-0.15, -0.1) is 0 Å². The molecule has 0 radical (unpaired) electrons. The van der Waals surface area contributed by atoms with Crippen molar-refractivity contribution in [3.63, 3.8) is 0 Å². The van der Waals surface area contributed by atoms with E-state index in [4.69, 9.17) is 20.9 Å². The van der Waals surface area contributed by atoms with E-state index in [-0.39, 0.29) is 10.7 Å². The van der Waals surface area contributed by atoms with Gasteiger partial charge in [0.25, 0.3) is 0 Å². The van der Waals surface area contributed by atoms with Crippen LogP contribution in [0.4, 0.5) is 0 Å². The zero-order valence-electron chi connectivity index (χ0n) is 20.9. The van der Waals surface area contributed by atoms with Crippen LogP contribution in [0, 0.1) is 11.3 Å². The van der Waals surface area contributed by atoms with Gasteiger partial charge in [0.1, 0.15) is 22.5 Å². The lowest BCUT2D eigenvalue weighted by Gasteiger charge is -2.29. The highest BCUT2D eigenvalue weighted by Crippen LogP contribution is 2.41. The molecule has 0 aliphatic heterocycles. The van der Waals surface area contributed by atoms with Crippen molar-refractivity contribution in [2.24, 2.45) is 21.5 Å². The van der Waals surface area contributed by atoms with E-state index in [1.165, 1.54) is 6.26 Å². The van der Waals surface area contributed by atoms with Gasteiger partial charge in [0.05, 0.1) is 11.0 Å². The van der Waals surface area contributed by atoms with Crippen molar-refractivity contribution >= 4 is 32.5 Å². The van der Waals surface area contributed by atoms with E-state index in [0.29, 0.717) is 17.2 Å². The van der Waals surface area contributed by atoms with E-state index in [2.05, 4.69) is 11.1 Å². The molecule has 0 unspecified atom stereocenters. The third-order valence-corrected chi connectivity index (χ3v) is 8.52. The number of furan rings is 1. The minimum Gasteiger partial charge on any atom is -0.453 e. The Morgan fingerprint density at radius 3 is 2.16 bits per heavy atom. The van der Waals surface area contributed by atoms with Gasteiger partial charge in [-0.1, -0.05) is 49.9 Å². The predicted octanol–water partition coefficient (Wildman–Crippen LogP) is 4.71. The molecular weight excluding hydrogens is 486 g/mol. The molecule has 0 spiro atoms. The van der Waals surface area contributed by atoms with Gasteiger partial charge in [0.15, 0.2) is 21.4 Å². The van der Waals surface area contributed by atoms with Crippen LogP contribution in [0.25, 0.3) is 22.1 Å². The lowest BCUT2D eigenvalue weighted by Crippen LogP contribution is -2.44. The van der Waals surface area contributed by atoms with E-state index >= 15 is 0 Å². The van der Waals surface area contributed by atoms with Crippen molar-refractivity contribution in [2.75, 3.05) is 6.26 Å². The van der Waals surface area contributed by atoms with E-state index in [0.717, 1.165) is 67.9 Å². The number of aliphatic imine (C=N–C) groups is 2. The molecule has 0 atom stereocenters. The molecule has 2 aliphatic rings. The van der Waals surface area contributed by atoms with Crippen LogP contribution in [-0.4, -0.2) is 37.4 Å². The number of rotatable bonds is 6. The van der Waals surface area contributed by atoms with Gasteiger partial charge >= 0.3 is 0 Å². The Kier molecular flexibility index (Phi) is 6.32. The highest BCUT2D eigenvalue weighted by molar-refractivity contribution is 7.90. The normalized spacial score (nSPS) is 19.8. The summed E-state index contributed by atoms with van der Waals surface area (Å²) in [5.74, 6) is 1.11. The van der Waals surface area contributed by atoms with Crippen LogP contribution < -0.4 is 11.5 Å². The predicted molar refractivity (Wildman–Crippen MR) is 145 cm³/mol. The molecule has 1 aromatic heterocycles. The maximum absolute atomic E-state index is 11.8. The Hall–Kier alpha value is -3.64. The molecule has 2 fully saturated rings. The molecular formula is C28H31N5O3S. The molecule has 37 heavy (non-hydrogen) atoms. The van der Waals surface area contributed by atoms with Crippen LogP contribution in [0.2, 0.25) is 0 Å². The van der Waals surface area contributed by atoms with Crippen LogP contribution >= 0.6 is 0 Å². The first-order valence-electron chi connectivity index (χ1n) is 12.6. The molecule has 0 amide bonds. The molecule has 5 rings (SSSR count). The van der Waals surface area contributed by atoms with E-state index in [1.54, 1.807) is 24.3 Å². The summed E-state index contributed by atoms with van der Waals surface area (Å²) in [6, 6.07) is 16.7. The molecule has 2 saturated carbocycles. The second kappa shape index (κ2) is 9.34.